The van der Waals surface area contributed by atoms with Gasteiger partial charge in [-0.15, -0.1) is 0 Å². The predicted molar refractivity (Wildman–Crippen MR) is 67.8 cm³/mol. The van der Waals surface area contributed by atoms with Crippen molar-refractivity contribution < 1.29 is 5.21 Å². The van der Waals surface area contributed by atoms with E-state index in [1.165, 1.54) is 16.2 Å². The van der Waals surface area contributed by atoms with E-state index in [4.69, 9.17) is 0 Å². The van der Waals surface area contributed by atoms with E-state index in [1.807, 2.05) is 0 Å². The summed E-state index contributed by atoms with van der Waals surface area (Å²) in [4.78, 5) is 0. The third-order valence-corrected chi connectivity index (χ3v) is 2.89. The van der Waals surface area contributed by atoms with Gasteiger partial charge in [-0.2, -0.15) is 5.06 Å². The summed E-state index contributed by atoms with van der Waals surface area (Å²) in [5, 5.41) is 11.0. The Morgan fingerprint density at radius 3 is 2.50 bits per heavy atom. The number of unbranched alkanes of at least 4 members (excludes halogenated alkanes) is 1. The first-order valence-electron chi connectivity index (χ1n) is 6.22. The molecule has 2 nitrogen and oxygen atoms in total. The van der Waals surface area contributed by atoms with Gasteiger partial charge in [0.1, 0.15) is 0 Å². The van der Waals surface area contributed by atoms with E-state index in [0.717, 1.165) is 38.8 Å². The van der Waals surface area contributed by atoms with Crippen LogP contribution in [0.3, 0.4) is 0 Å². The van der Waals surface area contributed by atoms with Crippen LogP contribution < -0.4 is 0 Å². The van der Waals surface area contributed by atoms with Crippen LogP contribution in [0.2, 0.25) is 0 Å². The second-order valence-electron chi connectivity index (χ2n) is 4.34. The van der Waals surface area contributed by atoms with Crippen molar-refractivity contribution in [2.75, 3.05) is 13.1 Å². The zero-order valence-electron chi connectivity index (χ0n) is 10.4. The van der Waals surface area contributed by atoms with Crippen LogP contribution in [0.1, 0.15) is 37.3 Å². The summed E-state index contributed by atoms with van der Waals surface area (Å²) < 4.78 is 0. The molecule has 90 valence electrons. The van der Waals surface area contributed by atoms with Crippen molar-refractivity contribution >= 4 is 0 Å². The van der Waals surface area contributed by atoms with Crippen LogP contribution in [0.5, 0.6) is 0 Å². The van der Waals surface area contributed by atoms with E-state index in [-0.39, 0.29) is 0 Å². The molecule has 0 fully saturated rings. The van der Waals surface area contributed by atoms with Crippen LogP contribution in [0.4, 0.5) is 0 Å². The van der Waals surface area contributed by atoms with Gasteiger partial charge in [-0.1, -0.05) is 37.6 Å². The number of benzene rings is 1. The van der Waals surface area contributed by atoms with E-state index in [1.54, 1.807) is 0 Å². The molecule has 1 rings (SSSR count). The minimum atomic E-state index is 0.772. The monoisotopic (exact) mass is 221 g/mol. The van der Waals surface area contributed by atoms with E-state index >= 15 is 0 Å². The summed E-state index contributed by atoms with van der Waals surface area (Å²) in [6.45, 7) is 5.85. The zero-order chi connectivity index (χ0) is 11.8. The van der Waals surface area contributed by atoms with E-state index in [2.05, 4.69) is 38.1 Å². The molecule has 0 atom stereocenters. The maximum absolute atomic E-state index is 9.56. The molecule has 1 aromatic carbocycles. The van der Waals surface area contributed by atoms with Crippen LogP contribution in [0, 0.1) is 6.92 Å². The Morgan fingerprint density at radius 1 is 1.12 bits per heavy atom. The average Bonchev–Trinajstić information content (AvgIpc) is 2.29. The molecule has 0 saturated carbocycles. The molecule has 0 aliphatic carbocycles. The topological polar surface area (TPSA) is 23.5 Å². The number of hydrogen-bond acceptors (Lipinski definition) is 2. The van der Waals surface area contributed by atoms with Gasteiger partial charge in [0.15, 0.2) is 0 Å². The minimum Gasteiger partial charge on any atom is -0.314 e. The quantitative estimate of drug-likeness (QED) is 0.713. The van der Waals surface area contributed by atoms with Gasteiger partial charge in [-0.3, -0.25) is 0 Å². The Labute approximate surface area is 98.9 Å². The van der Waals surface area contributed by atoms with Crippen LogP contribution in [0.25, 0.3) is 0 Å². The summed E-state index contributed by atoms with van der Waals surface area (Å²) in [5.41, 5.74) is 2.74. The average molecular weight is 221 g/mol. The van der Waals surface area contributed by atoms with Crippen molar-refractivity contribution in [1.29, 1.82) is 0 Å². The molecular formula is C14H23NO. The van der Waals surface area contributed by atoms with E-state index in [9.17, 15) is 5.21 Å². The Morgan fingerprint density at radius 2 is 1.81 bits per heavy atom. The van der Waals surface area contributed by atoms with Crippen LogP contribution in [0.15, 0.2) is 24.3 Å². The van der Waals surface area contributed by atoms with E-state index < -0.39 is 0 Å². The maximum Gasteiger partial charge on any atom is 0.0241 e. The largest absolute Gasteiger partial charge is 0.314 e. The van der Waals surface area contributed by atoms with Gasteiger partial charge in [0, 0.05) is 13.1 Å². The zero-order valence-corrected chi connectivity index (χ0v) is 10.4. The Hall–Kier alpha value is -0.860. The molecule has 2 heteroatoms. The first-order chi connectivity index (χ1) is 7.74. The van der Waals surface area contributed by atoms with Crippen molar-refractivity contribution in [3.63, 3.8) is 0 Å². The van der Waals surface area contributed by atoms with Gasteiger partial charge in [-0.05, 0) is 37.3 Å². The Kier molecular flexibility index (Phi) is 6.12. The fourth-order valence-corrected chi connectivity index (χ4v) is 1.80. The first-order valence-corrected chi connectivity index (χ1v) is 6.22. The lowest BCUT2D eigenvalue weighted by molar-refractivity contribution is -0.0918. The summed E-state index contributed by atoms with van der Waals surface area (Å²) in [6, 6.07) is 8.46. The van der Waals surface area contributed by atoms with Crippen molar-refractivity contribution in [3.05, 3.63) is 35.4 Å². The Bertz CT molecular complexity index is 299. The molecule has 0 bridgehead atoms. The van der Waals surface area contributed by atoms with Crippen LogP contribution in [-0.2, 0) is 6.42 Å². The molecule has 0 spiro atoms. The second-order valence-corrected chi connectivity index (χ2v) is 4.34. The van der Waals surface area contributed by atoms with Crippen LogP contribution >= 0.6 is 0 Å². The molecule has 0 aliphatic rings. The molecule has 0 aliphatic heterocycles. The molecule has 16 heavy (non-hydrogen) atoms. The number of aryl methyl sites for hydroxylation is 2. The smallest absolute Gasteiger partial charge is 0.0241 e. The van der Waals surface area contributed by atoms with Gasteiger partial charge in [0.25, 0.3) is 0 Å². The van der Waals surface area contributed by atoms with E-state index in [0.29, 0.717) is 0 Å². The fourth-order valence-electron chi connectivity index (χ4n) is 1.80. The second kappa shape index (κ2) is 7.42. The molecule has 0 aromatic heterocycles. The SMILES string of the molecule is CCCCN(O)CCCc1ccccc1C. The van der Waals surface area contributed by atoms with Crippen molar-refractivity contribution in [2.45, 2.75) is 39.5 Å². The highest BCUT2D eigenvalue weighted by Gasteiger charge is 2.01. The van der Waals surface area contributed by atoms with Crippen LogP contribution in [-0.4, -0.2) is 23.4 Å². The first kappa shape index (κ1) is 13.2. The van der Waals surface area contributed by atoms with Gasteiger partial charge < -0.3 is 5.21 Å². The molecule has 1 N–H and O–H groups in total. The Balaban J connectivity index is 2.23. The summed E-state index contributed by atoms with van der Waals surface area (Å²) in [5.74, 6) is 0. The number of hydroxylamine groups is 2. The molecule has 0 radical (unpaired) electrons. The van der Waals surface area contributed by atoms with Gasteiger partial charge in [0.2, 0.25) is 0 Å². The molecule has 0 unspecified atom stereocenters. The van der Waals surface area contributed by atoms with Gasteiger partial charge in [0.05, 0.1) is 0 Å². The van der Waals surface area contributed by atoms with Crippen molar-refractivity contribution in [1.82, 2.24) is 5.06 Å². The molecule has 1 aromatic rings. The third-order valence-electron chi connectivity index (χ3n) is 2.89. The van der Waals surface area contributed by atoms with Gasteiger partial charge in [-0.25, -0.2) is 0 Å². The maximum atomic E-state index is 9.56. The van der Waals surface area contributed by atoms with Crippen molar-refractivity contribution in [2.24, 2.45) is 0 Å². The minimum absolute atomic E-state index is 0.772. The highest BCUT2D eigenvalue weighted by atomic mass is 16.5. The lowest BCUT2D eigenvalue weighted by Gasteiger charge is -2.14. The number of rotatable bonds is 7. The normalized spacial score (nSPS) is 11.0. The van der Waals surface area contributed by atoms with Crippen molar-refractivity contribution in [3.8, 4) is 0 Å². The van der Waals surface area contributed by atoms with Gasteiger partial charge >= 0.3 is 0 Å². The summed E-state index contributed by atoms with van der Waals surface area (Å²) >= 11 is 0. The lowest BCUT2D eigenvalue weighted by atomic mass is 10.0. The molecule has 0 heterocycles. The molecule has 0 saturated heterocycles. The fraction of sp³-hybridized carbons (Fsp3) is 0.571. The summed E-state index contributed by atoms with van der Waals surface area (Å²) in [7, 11) is 0. The highest BCUT2D eigenvalue weighted by Crippen LogP contribution is 2.09. The summed E-state index contributed by atoms with van der Waals surface area (Å²) in [6.07, 6.45) is 4.27. The predicted octanol–water partition coefficient (Wildman–Crippen LogP) is 3.42. The highest BCUT2D eigenvalue weighted by molar-refractivity contribution is 5.25. The molecule has 0 amide bonds. The third kappa shape index (κ3) is 4.77. The molecular weight excluding hydrogens is 198 g/mol. The standard InChI is InChI=1S/C14H23NO/c1-3-4-11-15(16)12-7-10-14-9-6-5-8-13(14)2/h5-6,8-9,16H,3-4,7,10-12H2,1-2H3. The number of nitrogens with zero attached hydrogens (tertiary/aromatic N) is 1. The number of hydrogen-bond donors (Lipinski definition) is 1. The lowest BCUT2D eigenvalue weighted by Crippen LogP contribution is -2.22.